The van der Waals surface area contributed by atoms with Crippen LogP contribution in [0.15, 0.2) is 12.1 Å². The van der Waals surface area contributed by atoms with Crippen LogP contribution in [0.25, 0.3) is 0 Å². The first kappa shape index (κ1) is 9.82. The lowest BCUT2D eigenvalue weighted by atomic mass is 10.3. The van der Waals surface area contributed by atoms with Gasteiger partial charge >= 0.3 is 6.03 Å². The highest BCUT2D eigenvalue weighted by Crippen LogP contribution is 2.21. The van der Waals surface area contributed by atoms with Gasteiger partial charge in [-0.1, -0.05) is 0 Å². The first-order chi connectivity index (χ1) is 7.08. The molecule has 2 rings (SSSR count). The van der Waals surface area contributed by atoms with Crippen LogP contribution in [-0.2, 0) is 0 Å². The monoisotopic (exact) mass is 216 g/mol. The van der Waals surface area contributed by atoms with Gasteiger partial charge in [0.25, 0.3) is 0 Å². The second-order valence-corrected chi connectivity index (χ2v) is 3.16. The molecule has 1 N–H and O–H groups in total. The van der Waals surface area contributed by atoms with Crippen molar-refractivity contribution in [2.75, 3.05) is 18.4 Å². The van der Waals surface area contributed by atoms with E-state index in [1.165, 1.54) is 4.90 Å². The van der Waals surface area contributed by atoms with Crippen molar-refractivity contribution in [1.29, 1.82) is 0 Å². The number of amides is 2. The SMILES string of the molecule is O=C(Nc1c(F)cc(F)cc1F)N1CC1. The zero-order valence-corrected chi connectivity index (χ0v) is 7.56. The van der Waals surface area contributed by atoms with Gasteiger partial charge in [0, 0.05) is 25.2 Å². The smallest absolute Gasteiger partial charge is 0.321 e. The van der Waals surface area contributed by atoms with Crippen LogP contribution in [0.4, 0.5) is 23.7 Å². The number of benzene rings is 1. The van der Waals surface area contributed by atoms with Crippen LogP contribution in [0, 0.1) is 17.5 Å². The van der Waals surface area contributed by atoms with E-state index in [4.69, 9.17) is 0 Å². The molecule has 2 amide bonds. The summed E-state index contributed by atoms with van der Waals surface area (Å²) in [7, 11) is 0. The molecule has 15 heavy (non-hydrogen) atoms. The van der Waals surface area contributed by atoms with Gasteiger partial charge in [0.2, 0.25) is 0 Å². The Balaban J connectivity index is 2.23. The van der Waals surface area contributed by atoms with Crippen molar-refractivity contribution in [2.24, 2.45) is 0 Å². The summed E-state index contributed by atoms with van der Waals surface area (Å²) >= 11 is 0. The summed E-state index contributed by atoms with van der Waals surface area (Å²) in [6.07, 6.45) is 0. The molecule has 1 aliphatic heterocycles. The van der Waals surface area contributed by atoms with Crippen LogP contribution >= 0.6 is 0 Å². The fraction of sp³-hybridized carbons (Fsp3) is 0.222. The number of hydrogen-bond donors (Lipinski definition) is 1. The van der Waals surface area contributed by atoms with Gasteiger partial charge in [0.05, 0.1) is 0 Å². The number of nitrogens with zero attached hydrogens (tertiary/aromatic N) is 1. The highest BCUT2D eigenvalue weighted by molar-refractivity contribution is 5.90. The maximum absolute atomic E-state index is 13.0. The number of rotatable bonds is 1. The first-order valence-corrected chi connectivity index (χ1v) is 4.28. The molecule has 0 spiro atoms. The van der Waals surface area contributed by atoms with Crippen molar-refractivity contribution in [1.82, 2.24) is 4.90 Å². The highest BCUT2D eigenvalue weighted by Gasteiger charge is 2.25. The van der Waals surface area contributed by atoms with Crippen molar-refractivity contribution in [3.05, 3.63) is 29.6 Å². The molecule has 6 heteroatoms. The summed E-state index contributed by atoms with van der Waals surface area (Å²) in [5, 5.41) is 2.04. The van der Waals surface area contributed by atoms with Gasteiger partial charge < -0.3 is 10.2 Å². The number of halogens is 3. The van der Waals surface area contributed by atoms with Gasteiger partial charge in [0.15, 0.2) is 11.6 Å². The van der Waals surface area contributed by atoms with Crippen molar-refractivity contribution < 1.29 is 18.0 Å². The second-order valence-electron chi connectivity index (χ2n) is 3.16. The Hall–Kier alpha value is -1.72. The predicted molar refractivity (Wildman–Crippen MR) is 46.9 cm³/mol. The standard InChI is InChI=1S/C9H7F3N2O/c10-5-3-6(11)8(7(12)4-5)13-9(15)14-1-2-14/h3-4H,1-2H2,(H,13,15). The largest absolute Gasteiger partial charge is 0.322 e. The Bertz CT molecular complexity index is 395. The van der Waals surface area contributed by atoms with E-state index in [1.807, 2.05) is 5.32 Å². The summed E-state index contributed by atoms with van der Waals surface area (Å²) in [5.74, 6) is -3.26. The van der Waals surface area contributed by atoms with Crippen LogP contribution < -0.4 is 5.32 Å². The maximum atomic E-state index is 13.0. The van der Waals surface area contributed by atoms with Crippen LogP contribution in [0.2, 0.25) is 0 Å². The minimum Gasteiger partial charge on any atom is -0.321 e. The molecule has 1 aromatic carbocycles. The van der Waals surface area contributed by atoms with Crippen LogP contribution in [-0.4, -0.2) is 24.0 Å². The molecule has 1 saturated heterocycles. The van der Waals surface area contributed by atoms with Gasteiger partial charge in [-0.25, -0.2) is 18.0 Å². The van der Waals surface area contributed by atoms with E-state index in [0.717, 1.165) is 0 Å². The summed E-state index contributed by atoms with van der Waals surface area (Å²) in [5.41, 5.74) is -0.617. The Morgan fingerprint density at radius 1 is 1.20 bits per heavy atom. The average Bonchev–Trinajstić information content (AvgIpc) is 2.93. The van der Waals surface area contributed by atoms with Crippen LogP contribution in [0.5, 0.6) is 0 Å². The molecule has 80 valence electrons. The number of urea groups is 1. The Morgan fingerprint density at radius 3 is 2.20 bits per heavy atom. The van der Waals surface area contributed by atoms with Gasteiger partial charge in [0.1, 0.15) is 11.5 Å². The molecule has 3 nitrogen and oxygen atoms in total. The zero-order chi connectivity index (χ0) is 11.0. The van der Waals surface area contributed by atoms with Gasteiger partial charge in [-0.2, -0.15) is 0 Å². The van der Waals surface area contributed by atoms with E-state index in [0.29, 0.717) is 25.2 Å². The molecule has 1 fully saturated rings. The molecular formula is C9H7F3N2O. The van der Waals surface area contributed by atoms with E-state index >= 15 is 0 Å². The summed E-state index contributed by atoms with van der Waals surface area (Å²) in [6, 6.07) is 0.446. The summed E-state index contributed by atoms with van der Waals surface area (Å²) in [6.45, 7) is 1.13. The lowest BCUT2D eigenvalue weighted by Gasteiger charge is -2.07. The van der Waals surface area contributed by atoms with Gasteiger partial charge in [-0.15, -0.1) is 0 Å². The third kappa shape index (κ3) is 2.03. The predicted octanol–water partition coefficient (Wildman–Crippen LogP) is 1.95. The van der Waals surface area contributed by atoms with Crippen molar-refractivity contribution >= 4 is 11.7 Å². The van der Waals surface area contributed by atoms with Gasteiger partial charge in [-0.05, 0) is 0 Å². The van der Waals surface area contributed by atoms with E-state index in [9.17, 15) is 18.0 Å². The number of carbonyl (C=O) groups is 1. The quantitative estimate of drug-likeness (QED) is 0.715. The second kappa shape index (κ2) is 3.45. The Morgan fingerprint density at radius 2 is 1.73 bits per heavy atom. The molecule has 0 aliphatic carbocycles. The molecule has 0 unspecified atom stereocenters. The van der Waals surface area contributed by atoms with E-state index in [2.05, 4.69) is 0 Å². The number of carbonyl (C=O) groups excluding carboxylic acids is 1. The molecule has 0 bridgehead atoms. The summed E-state index contributed by atoms with van der Waals surface area (Å²) < 4.78 is 38.6. The molecule has 1 aromatic rings. The van der Waals surface area contributed by atoms with Crippen molar-refractivity contribution in [3.8, 4) is 0 Å². The molecule has 0 aromatic heterocycles. The zero-order valence-electron chi connectivity index (χ0n) is 7.56. The fourth-order valence-electron chi connectivity index (χ4n) is 1.10. The van der Waals surface area contributed by atoms with Crippen LogP contribution in [0.3, 0.4) is 0 Å². The summed E-state index contributed by atoms with van der Waals surface area (Å²) in [4.78, 5) is 12.5. The molecular weight excluding hydrogens is 209 g/mol. The molecule has 1 heterocycles. The number of anilines is 1. The topological polar surface area (TPSA) is 32.1 Å². The van der Waals surface area contributed by atoms with Gasteiger partial charge in [-0.3, -0.25) is 0 Å². The third-order valence-corrected chi connectivity index (χ3v) is 1.97. The third-order valence-electron chi connectivity index (χ3n) is 1.97. The first-order valence-electron chi connectivity index (χ1n) is 4.28. The molecule has 0 atom stereocenters. The Labute approximate surface area is 83.5 Å². The van der Waals surface area contributed by atoms with Crippen LogP contribution in [0.1, 0.15) is 0 Å². The minimum atomic E-state index is -1.12. The highest BCUT2D eigenvalue weighted by atomic mass is 19.1. The molecule has 1 aliphatic rings. The van der Waals surface area contributed by atoms with Crippen molar-refractivity contribution in [2.45, 2.75) is 0 Å². The average molecular weight is 216 g/mol. The molecule has 0 saturated carbocycles. The Kier molecular flexibility index (Phi) is 2.26. The maximum Gasteiger partial charge on any atom is 0.322 e. The lowest BCUT2D eigenvalue weighted by molar-refractivity contribution is 0.241. The lowest BCUT2D eigenvalue weighted by Crippen LogP contribution is -2.20. The van der Waals surface area contributed by atoms with E-state index in [1.54, 1.807) is 0 Å². The van der Waals surface area contributed by atoms with Crippen molar-refractivity contribution in [3.63, 3.8) is 0 Å². The van der Waals surface area contributed by atoms with E-state index < -0.39 is 29.2 Å². The fourth-order valence-corrected chi connectivity index (χ4v) is 1.10. The minimum absolute atomic E-state index is 0.515. The normalized spacial score (nSPS) is 13.9. The van der Waals surface area contributed by atoms with E-state index in [-0.39, 0.29) is 0 Å². The number of nitrogens with one attached hydrogen (secondary N) is 1. The molecule has 0 radical (unpaired) electrons. The number of hydrogen-bond acceptors (Lipinski definition) is 1.